The smallest absolute Gasteiger partial charge is 0.337 e. The predicted octanol–water partition coefficient (Wildman–Crippen LogP) is 3.52. The van der Waals surface area contributed by atoms with Crippen molar-refractivity contribution in [1.29, 1.82) is 0 Å². The summed E-state index contributed by atoms with van der Waals surface area (Å²) in [4.78, 5) is 33.4. The molecule has 0 bridgehead atoms. The van der Waals surface area contributed by atoms with Gasteiger partial charge in [-0.3, -0.25) is 14.9 Å². The van der Waals surface area contributed by atoms with Crippen molar-refractivity contribution in [2.45, 2.75) is 12.8 Å². The molecule has 2 rings (SSSR count). The average molecular weight is 349 g/mol. The summed E-state index contributed by atoms with van der Waals surface area (Å²) in [7, 11) is 0. The van der Waals surface area contributed by atoms with E-state index >= 15 is 0 Å². The third kappa shape index (κ3) is 4.53. The number of anilines is 1. The lowest BCUT2D eigenvalue weighted by atomic mass is 10.1. The second kappa shape index (κ2) is 7.56. The van der Waals surface area contributed by atoms with Gasteiger partial charge in [0.1, 0.15) is 0 Å². The Morgan fingerprint density at radius 3 is 2.62 bits per heavy atom. The van der Waals surface area contributed by atoms with Crippen molar-refractivity contribution in [3.63, 3.8) is 0 Å². The van der Waals surface area contributed by atoms with Crippen LogP contribution in [0.3, 0.4) is 0 Å². The molecule has 2 aromatic carbocycles. The molecule has 0 spiro atoms. The molecule has 0 aliphatic heterocycles. The molecule has 24 heavy (non-hydrogen) atoms. The lowest BCUT2D eigenvalue weighted by molar-refractivity contribution is -0.384. The fourth-order valence-electron chi connectivity index (χ4n) is 2.10. The lowest BCUT2D eigenvalue weighted by Gasteiger charge is -2.09. The monoisotopic (exact) mass is 348 g/mol. The van der Waals surface area contributed by atoms with Gasteiger partial charge < -0.3 is 10.4 Å². The van der Waals surface area contributed by atoms with Gasteiger partial charge in [0.05, 0.1) is 16.2 Å². The van der Waals surface area contributed by atoms with Crippen LogP contribution in [0.5, 0.6) is 0 Å². The molecule has 1 amide bonds. The van der Waals surface area contributed by atoms with Gasteiger partial charge in [-0.05, 0) is 30.2 Å². The molecule has 2 aromatic rings. The Labute approximate surface area is 142 Å². The predicted molar refractivity (Wildman–Crippen MR) is 88.5 cm³/mol. The summed E-state index contributed by atoms with van der Waals surface area (Å²) in [6, 6.07) is 10.1. The van der Waals surface area contributed by atoms with Gasteiger partial charge in [-0.15, -0.1) is 0 Å². The second-order valence-electron chi connectivity index (χ2n) is 4.97. The molecule has 124 valence electrons. The number of non-ortho nitro benzene ring substituents is 1. The van der Waals surface area contributed by atoms with Gasteiger partial charge in [-0.1, -0.05) is 23.7 Å². The van der Waals surface area contributed by atoms with E-state index in [1.54, 1.807) is 12.1 Å². The van der Waals surface area contributed by atoms with Gasteiger partial charge in [0.25, 0.3) is 5.69 Å². The molecule has 8 heteroatoms. The zero-order valence-electron chi connectivity index (χ0n) is 12.4. The van der Waals surface area contributed by atoms with Gasteiger partial charge in [0.2, 0.25) is 5.91 Å². The third-order valence-corrected chi connectivity index (χ3v) is 3.48. The summed E-state index contributed by atoms with van der Waals surface area (Å²) in [5.41, 5.74) is 0.641. The lowest BCUT2D eigenvalue weighted by Crippen LogP contribution is -2.15. The first kappa shape index (κ1) is 17.4. The van der Waals surface area contributed by atoms with Gasteiger partial charge in [-0.25, -0.2) is 4.79 Å². The Balaban J connectivity index is 2.04. The molecular formula is C16H13ClN2O5. The third-order valence-electron chi connectivity index (χ3n) is 3.25. The maximum atomic E-state index is 12.0. The number of hydrogen-bond acceptors (Lipinski definition) is 4. The molecular weight excluding hydrogens is 336 g/mol. The van der Waals surface area contributed by atoms with E-state index in [4.69, 9.17) is 16.7 Å². The van der Waals surface area contributed by atoms with Crippen molar-refractivity contribution < 1.29 is 19.6 Å². The van der Waals surface area contributed by atoms with Crippen molar-refractivity contribution in [2.24, 2.45) is 0 Å². The Bertz CT molecular complexity index is 807. The maximum absolute atomic E-state index is 12.0. The number of carboxylic acid groups (broad SMARTS) is 1. The van der Waals surface area contributed by atoms with Gasteiger partial charge in [-0.2, -0.15) is 0 Å². The van der Waals surface area contributed by atoms with Crippen molar-refractivity contribution in [3.8, 4) is 0 Å². The fraction of sp³-hybridized carbons (Fsp3) is 0.125. The SMILES string of the molecule is O=C(CCc1cccc([N+](=O)[O-])c1)Nc1cc(Cl)ccc1C(=O)O. The molecule has 0 heterocycles. The summed E-state index contributed by atoms with van der Waals surface area (Å²) >= 11 is 5.82. The number of nitrogens with zero attached hydrogens (tertiary/aromatic N) is 1. The molecule has 0 unspecified atom stereocenters. The Morgan fingerprint density at radius 2 is 1.96 bits per heavy atom. The van der Waals surface area contributed by atoms with E-state index in [1.807, 2.05) is 0 Å². The van der Waals surface area contributed by atoms with Crippen LogP contribution in [0.25, 0.3) is 0 Å². The van der Waals surface area contributed by atoms with E-state index in [9.17, 15) is 19.7 Å². The summed E-state index contributed by atoms with van der Waals surface area (Å²) in [5.74, 6) is -1.59. The first-order valence-electron chi connectivity index (χ1n) is 6.93. The molecule has 0 aliphatic carbocycles. The van der Waals surface area contributed by atoms with Crippen LogP contribution < -0.4 is 5.32 Å². The number of benzene rings is 2. The van der Waals surface area contributed by atoms with E-state index < -0.39 is 16.8 Å². The first-order chi connectivity index (χ1) is 11.4. The van der Waals surface area contributed by atoms with E-state index in [0.717, 1.165) is 0 Å². The number of aryl methyl sites for hydroxylation is 1. The number of hydrogen-bond donors (Lipinski definition) is 2. The minimum atomic E-state index is -1.18. The highest BCUT2D eigenvalue weighted by atomic mass is 35.5. The quantitative estimate of drug-likeness (QED) is 0.613. The normalized spacial score (nSPS) is 10.2. The number of carbonyl (C=O) groups excluding carboxylic acids is 1. The molecule has 0 atom stereocenters. The second-order valence-corrected chi connectivity index (χ2v) is 5.41. The average Bonchev–Trinajstić information content (AvgIpc) is 2.53. The number of carbonyl (C=O) groups is 2. The molecule has 0 fully saturated rings. The van der Waals surface area contributed by atoms with Crippen molar-refractivity contribution in [2.75, 3.05) is 5.32 Å². The first-order valence-corrected chi connectivity index (χ1v) is 7.30. The zero-order chi connectivity index (χ0) is 17.7. The van der Waals surface area contributed by atoms with E-state index in [0.29, 0.717) is 10.6 Å². The number of aromatic carboxylic acids is 1. The molecule has 2 N–H and O–H groups in total. The number of halogens is 1. The molecule has 0 aliphatic rings. The van der Waals surface area contributed by atoms with Crippen LogP contribution in [-0.2, 0) is 11.2 Å². The molecule has 0 aromatic heterocycles. The summed E-state index contributed by atoms with van der Waals surface area (Å²) in [6.45, 7) is 0. The fourth-order valence-corrected chi connectivity index (χ4v) is 2.27. The Morgan fingerprint density at radius 1 is 1.21 bits per heavy atom. The van der Waals surface area contributed by atoms with Crippen LogP contribution in [0.4, 0.5) is 11.4 Å². The zero-order valence-corrected chi connectivity index (χ0v) is 13.1. The van der Waals surface area contributed by atoms with Gasteiger partial charge >= 0.3 is 5.97 Å². The van der Waals surface area contributed by atoms with Crippen molar-refractivity contribution >= 4 is 34.9 Å². The van der Waals surface area contributed by atoms with E-state index in [2.05, 4.69) is 5.32 Å². The van der Waals surface area contributed by atoms with Crippen molar-refractivity contribution in [1.82, 2.24) is 0 Å². The number of carboxylic acids is 1. The van der Waals surface area contributed by atoms with Crippen LogP contribution in [0.15, 0.2) is 42.5 Å². The number of nitrogens with one attached hydrogen (secondary N) is 1. The summed E-state index contributed by atoms with van der Waals surface area (Å²) < 4.78 is 0. The van der Waals surface area contributed by atoms with Crippen LogP contribution >= 0.6 is 11.6 Å². The molecule has 0 radical (unpaired) electrons. The molecule has 0 saturated heterocycles. The number of nitro benzene ring substituents is 1. The van der Waals surface area contributed by atoms with Crippen LogP contribution in [0.2, 0.25) is 5.02 Å². The van der Waals surface area contributed by atoms with E-state index in [-0.39, 0.29) is 29.8 Å². The van der Waals surface area contributed by atoms with E-state index in [1.165, 1.54) is 30.3 Å². The Hall–Kier alpha value is -2.93. The van der Waals surface area contributed by atoms with Crippen LogP contribution in [-0.4, -0.2) is 21.9 Å². The van der Waals surface area contributed by atoms with Crippen molar-refractivity contribution in [3.05, 3.63) is 68.7 Å². The molecule has 7 nitrogen and oxygen atoms in total. The highest BCUT2D eigenvalue weighted by Crippen LogP contribution is 2.22. The van der Waals surface area contributed by atoms with Gasteiger partial charge in [0.15, 0.2) is 0 Å². The Kier molecular flexibility index (Phi) is 5.49. The maximum Gasteiger partial charge on any atom is 0.337 e. The minimum absolute atomic E-state index is 0.0455. The summed E-state index contributed by atoms with van der Waals surface area (Å²) in [6.07, 6.45) is 0.337. The minimum Gasteiger partial charge on any atom is -0.478 e. The number of nitro groups is 1. The number of amides is 1. The van der Waals surface area contributed by atoms with Crippen LogP contribution in [0, 0.1) is 10.1 Å². The highest BCUT2D eigenvalue weighted by Gasteiger charge is 2.13. The number of rotatable bonds is 6. The molecule has 0 saturated carbocycles. The standard InChI is InChI=1S/C16H13ClN2O5/c17-11-5-6-13(16(21)22)14(9-11)18-15(20)7-4-10-2-1-3-12(8-10)19(23)24/h1-3,5-6,8-9H,4,7H2,(H,18,20)(H,21,22). The topological polar surface area (TPSA) is 110 Å². The highest BCUT2D eigenvalue weighted by molar-refractivity contribution is 6.31. The summed E-state index contributed by atoms with van der Waals surface area (Å²) in [5, 5.41) is 22.6. The van der Waals surface area contributed by atoms with Gasteiger partial charge in [0, 0.05) is 23.6 Å². The largest absolute Gasteiger partial charge is 0.478 e. The van der Waals surface area contributed by atoms with Crippen LogP contribution in [0.1, 0.15) is 22.3 Å².